The van der Waals surface area contributed by atoms with Crippen LogP contribution in [0.4, 0.5) is 4.79 Å². The van der Waals surface area contributed by atoms with Crippen LogP contribution in [0.5, 0.6) is 0 Å². The summed E-state index contributed by atoms with van der Waals surface area (Å²) < 4.78 is 0. The SMILES string of the molecule is CC(C)CNC(=O)NC(=O)CN1CCCNCC1.Cl. The van der Waals surface area contributed by atoms with Crippen LogP contribution in [0.25, 0.3) is 0 Å². The molecular weight excluding hydrogens is 268 g/mol. The minimum Gasteiger partial charge on any atom is -0.338 e. The molecule has 6 nitrogen and oxygen atoms in total. The fourth-order valence-corrected chi connectivity index (χ4v) is 1.77. The standard InChI is InChI=1S/C12H24N4O2.ClH/c1-10(2)8-14-12(18)15-11(17)9-16-6-3-4-13-5-7-16;/h10,13H,3-9H2,1-2H3,(H2,14,15,17,18);1H. The summed E-state index contributed by atoms with van der Waals surface area (Å²) in [7, 11) is 0. The van der Waals surface area contributed by atoms with E-state index < -0.39 is 6.03 Å². The first kappa shape index (κ1) is 18.1. The third kappa shape index (κ3) is 8.80. The molecule has 1 aliphatic rings. The molecule has 1 rings (SSSR count). The molecule has 1 fully saturated rings. The smallest absolute Gasteiger partial charge is 0.321 e. The zero-order valence-corrected chi connectivity index (χ0v) is 12.5. The maximum atomic E-state index is 11.6. The lowest BCUT2D eigenvalue weighted by molar-refractivity contribution is -0.121. The number of nitrogens with one attached hydrogen (secondary N) is 3. The summed E-state index contributed by atoms with van der Waals surface area (Å²) in [4.78, 5) is 25.1. The number of carbonyl (C=O) groups is 2. The minimum absolute atomic E-state index is 0. The topological polar surface area (TPSA) is 73.5 Å². The number of amides is 3. The second-order valence-electron chi connectivity index (χ2n) is 5.03. The van der Waals surface area contributed by atoms with Crippen molar-refractivity contribution in [3.05, 3.63) is 0 Å². The fourth-order valence-electron chi connectivity index (χ4n) is 1.77. The number of hydrogen-bond donors (Lipinski definition) is 3. The molecule has 1 saturated heterocycles. The van der Waals surface area contributed by atoms with Crippen LogP contribution in [-0.4, -0.2) is 56.1 Å². The van der Waals surface area contributed by atoms with Crippen molar-refractivity contribution in [3.63, 3.8) is 0 Å². The lowest BCUT2D eigenvalue weighted by atomic mass is 10.2. The highest BCUT2D eigenvalue weighted by molar-refractivity contribution is 5.95. The summed E-state index contributed by atoms with van der Waals surface area (Å²) >= 11 is 0. The highest BCUT2D eigenvalue weighted by Gasteiger charge is 2.14. The van der Waals surface area contributed by atoms with Crippen molar-refractivity contribution < 1.29 is 9.59 Å². The van der Waals surface area contributed by atoms with Gasteiger partial charge in [0.15, 0.2) is 0 Å². The molecule has 0 atom stereocenters. The molecule has 19 heavy (non-hydrogen) atoms. The van der Waals surface area contributed by atoms with Gasteiger partial charge in [-0.15, -0.1) is 12.4 Å². The van der Waals surface area contributed by atoms with E-state index in [0.717, 1.165) is 32.6 Å². The van der Waals surface area contributed by atoms with Crippen LogP contribution in [0.2, 0.25) is 0 Å². The molecule has 0 aromatic heterocycles. The van der Waals surface area contributed by atoms with E-state index in [2.05, 4.69) is 20.9 Å². The van der Waals surface area contributed by atoms with Gasteiger partial charge in [0, 0.05) is 19.6 Å². The quantitative estimate of drug-likeness (QED) is 0.691. The number of carbonyl (C=O) groups excluding carboxylic acids is 2. The number of halogens is 1. The molecule has 0 bridgehead atoms. The Labute approximate surface area is 121 Å². The second kappa shape index (κ2) is 10.00. The van der Waals surface area contributed by atoms with Gasteiger partial charge in [0.25, 0.3) is 0 Å². The number of hydrogen-bond acceptors (Lipinski definition) is 4. The summed E-state index contributed by atoms with van der Waals surface area (Å²) in [6, 6.07) is -0.401. The zero-order chi connectivity index (χ0) is 13.4. The molecule has 7 heteroatoms. The van der Waals surface area contributed by atoms with E-state index in [1.54, 1.807) is 0 Å². The van der Waals surface area contributed by atoms with E-state index in [-0.39, 0.29) is 24.9 Å². The molecular formula is C12H25ClN4O2. The normalized spacial score (nSPS) is 16.4. The Balaban J connectivity index is 0.00000324. The average Bonchev–Trinajstić information content (AvgIpc) is 2.54. The predicted molar refractivity (Wildman–Crippen MR) is 77.6 cm³/mol. The van der Waals surface area contributed by atoms with Crippen LogP contribution < -0.4 is 16.0 Å². The van der Waals surface area contributed by atoms with Gasteiger partial charge in [0.2, 0.25) is 5.91 Å². The van der Waals surface area contributed by atoms with E-state index in [9.17, 15) is 9.59 Å². The Bertz CT molecular complexity index is 279. The highest BCUT2D eigenvalue weighted by atomic mass is 35.5. The largest absolute Gasteiger partial charge is 0.338 e. The highest BCUT2D eigenvalue weighted by Crippen LogP contribution is 1.94. The summed E-state index contributed by atoms with van der Waals surface area (Å²) in [6.07, 6.45) is 1.03. The van der Waals surface area contributed by atoms with Crippen LogP contribution >= 0.6 is 12.4 Å². The van der Waals surface area contributed by atoms with Crippen molar-refractivity contribution in [2.45, 2.75) is 20.3 Å². The molecule has 112 valence electrons. The Morgan fingerprint density at radius 1 is 1.26 bits per heavy atom. The van der Waals surface area contributed by atoms with E-state index >= 15 is 0 Å². The van der Waals surface area contributed by atoms with E-state index in [0.29, 0.717) is 12.5 Å². The summed E-state index contributed by atoms with van der Waals surface area (Å²) in [5, 5.41) is 8.28. The first-order valence-electron chi connectivity index (χ1n) is 6.58. The molecule has 0 aliphatic carbocycles. The fraction of sp³-hybridized carbons (Fsp3) is 0.833. The van der Waals surface area contributed by atoms with Crippen molar-refractivity contribution in [2.75, 3.05) is 39.3 Å². The third-order valence-corrected chi connectivity index (χ3v) is 2.72. The van der Waals surface area contributed by atoms with Crippen molar-refractivity contribution in [1.82, 2.24) is 20.9 Å². The van der Waals surface area contributed by atoms with Crippen molar-refractivity contribution in [3.8, 4) is 0 Å². The van der Waals surface area contributed by atoms with Gasteiger partial charge in [-0.2, -0.15) is 0 Å². The zero-order valence-electron chi connectivity index (χ0n) is 11.7. The molecule has 0 aromatic carbocycles. The van der Waals surface area contributed by atoms with Crippen molar-refractivity contribution in [2.24, 2.45) is 5.92 Å². The first-order chi connectivity index (χ1) is 8.58. The van der Waals surface area contributed by atoms with Crippen LogP contribution in [0.3, 0.4) is 0 Å². The van der Waals surface area contributed by atoms with Crippen molar-refractivity contribution in [1.29, 1.82) is 0 Å². The maximum absolute atomic E-state index is 11.6. The van der Waals surface area contributed by atoms with Gasteiger partial charge in [-0.3, -0.25) is 15.0 Å². The van der Waals surface area contributed by atoms with Gasteiger partial charge in [0.1, 0.15) is 0 Å². The monoisotopic (exact) mass is 292 g/mol. The number of rotatable bonds is 4. The number of nitrogens with zero attached hydrogens (tertiary/aromatic N) is 1. The second-order valence-corrected chi connectivity index (χ2v) is 5.03. The Morgan fingerprint density at radius 3 is 2.68 bits per heavy atom. The van der Waals surface area contributed by atoms with Crippen LogP contribution in [-0.2, 0) is 4.79 Å². The number of urea groups is 1. The first-order valence-corrected chi connectivity index (χ1v) is 6.58. The van der Waals surface area contributed by atoms with Crippen LogP contribution in [0.15, 0.2) is 0 Å². The molecule has 3 N–H and O–H groups in total. The minimum atomic E-state index is -0.401. The van der Waals surface area contributed by atoms with Gasteiger partial charge < -0.3 is 10.6 Å². The average molecular weight is 293 g/mol. The van der Waals surface area contributed by atoms with Crippen LogP contribution in [0, 0.1) is 5.92 Å². The summed E-state index contributed by atoms with van der Waals surface area (Å²) in [5.41, 5.74) is 0. The molecule has 0 radical (unpaired) electrons. The molecule has 0 aromatic rings. The Hall–Kier alpha value is -0.850. The lowest BCUT2D eigenvalue weighted by Crippen LogP contribution is -2.45. The van der Waals surface area contributed by atoms with Crippen LogP contribution in [0.1, 0.15) is 20.3 Å². The van der Waals surface area contributed by atoms with E-state index in [1.807, 2.05) is 13.8 Å². The van der Waals surface area contributed by atoms with Gasteiger partial charge in [-0.05, 0) is 25.4 Å². The summed E-state index contributed by atoms with van der Waals surface area (Å²) in [5.74, 6) is 0.140. The van der Waals surface area contributed by atoms with Gasteiger partial charge >= 0.3 is 6.03 Å². The molecule has 0 saturated carbocycles. The van der Waals surface area contributed by atoms with E-state index in [4.69, 9.17) is 0 Å². The molecule has 0 unspecified atom stereocenters. The Kier molecular flexibility index (Phi) is 9.55. The van der Waals surface area contributed by atoms with Gasteiger partial charge in [0.05, 0.1) is 6.54 Å². The summed E-state index contributed by atoms with van der Waals surface area (Å²) in [6.45, 7) is 8.51. The molecule has 1 heterocycles. The predicted octanol–water partition coefficient (Wildman–Crippen LogP) is 0.185. The molecule has 3 amide bonds. The maximum Gasteiger partial charge on any atom is 0.321 e. The third-order valence-electron chi connectivity index (χ3n) is 2.72. The van der Waals surface area contributed by atoms with Gasteiger partial charge in [-0.25, -0.2) is 4.79 Å². The lowest BCUT2D eigenvalue weighted by Gasteiger charge is -2.18. The van der Waals surface area contributed by atoms with Gasteiger partial charge in [-0.1, -0.05) is 13.8 Å². The number of imide groups is 1. The molecule has 1 aliphatic heterocycles. The van der Waals surface area contributed by atoms with Crippen molar-refractivity contribution >= 4 is 24.3 Å². The van der Waals surface area contributed by atoms with E-state index in [1.165, 1.54) is 0 Å². The Morgan fingerprint density at radius 2 is 2.00 bits per heavy atom. The molecule has 0 spiro atoms.